The lowest BCUT2D eigenvalue weighted by molar-refractivity contribution is -0.133. The van der Waals surface area contributed by atoms with Crippen molar-refractivity contribution in [3.8, 4) is 0 Å². The number of piperidine rings is 1. The van der Waals surface area contributed by atoms with Crippen LogP contribution >= 0.6 is 0 Å². The van der Waals surface area contributed by atoms with Gasteiger partial charge in [-0.05, 0) is 49.3 Å². The summed E-state index contributed by atoms with van der Waals surface area (Å²) >= 11 is 0. The van der Waals surface area contributed by atoms with Gasteiger partial charge in [-0.15, -0.1) is 0 Å². The van der Waals surface area contributed by atoms with Gasteiger partial charge in [0.05, 0.1) is 6.61 Å². The second-order valence-electron chi connectivity index (χ2n) is 7.59. The van der Waals surface area contributed by atoms with Gasteiger partial charge in [0.1, 0.15) is 0 Å². The highest BCUT2D eigenvalue weighted by Crippen LogP contribution is 2.40. The van der Waals surface area contributed by atoms with Gasteiger partial charge in [0, 0.05) is 57.1 Å². The maximum Gasteiger partial charge on any atom is 0.223 e. The van der Waals surface area contributed by atoms with E-state index < -0.39 is 0 Å². The number of hydrogen-bond donors (Lipinski definition) is 0. The van der Waals surface area contributed by atoms with E-state index >= 15 is 0 Å². The summed E-state index contributed by atoms with van der Waals surface area (Å²) in [6.45, 7) is 5.96. The monoisotopic (exact) mass is 329 g/mol. The van der Waals surface area contributed by atoms with Gasteiger partial charge in [0.15, 0.2) is 0 Å². The molecule has 3 aliphatic heterocycles. The van der Waals surface area contributed by atoms with Crippen LogP contribution in [-0.2, 0) is 16.1 Å². The summed E-state index contributed by atoms with van der Waals surface area (Å²) in [6, 6.07) is 4.04. The summed E-state index contributed by atoms with van der Waals surface area (Å²) in [5.41, 5.74) is 1.27. The van der Waals surface area contributed by atoms with Gasteiger partial charge in [0.25, 0.3) is 0 Å². The second-order valence-corrected chi connectivity index (χ2v) is 7.59. The number of nitrogens with zero attached hydrogens (tertiary/aromatic N) is 3. The first-order valence-electron chi connectivity index (χ1n) is 9.25. The quantitative estimate of drug-likeness (QED) is 0.848. The van der Waals surface area contributed by atoms with Gasteiger partial charge in [-0.3, -0.25) is 9.78 Å². The Hall–Kier alpha value is -1.46. The second kappa shape index (κ2) is 6.81. The lowest BCUT2D eigenvalue weighted by atomic mass is 9.84. The number of amides is 1. The van der Waals surface area contributed by atoms with Crippen LogP contribution in [0.3, 0.4) is 0 Å². The van der Waals surface area contributed by atoms with Crippen molar-refractivity contribution in [3.63, 3.8) is 0 Å². The Balaban J connectivity index is 1.39. The van der Waals surface area contributed by atoms with Crippen LogP contribution in [0, 0.1) is 5.92 Å². The van der Waals surface area contributed by atoms with E-state index in [0.29, 0.717) is 18.2 Å². The molecule has 0 aliphatic carbocycles. The Morgan fingerprint density at radius 1 is 1.21 bits per heavy atom. The highest BCUT2D eigenvalue weighted by Gasteiger charge is 2.46. The van der Waals surface area contributed by atoms with Crippen molar-refractivity contribution < 1.29 is 9.53 Å². The maximum atomic E-state index is 12.5. The van der Waals surface area contributed by atoms with E-state index in [4.69, 9.17) is 4.74 Å². The van der Waals surface area contributed by atoms with E-state index in [0.717, 1.165) is 58.7 Å². The molecule has 130 valence electrons. The van der Waals surface area contributed by atoms with E-state index in [1.165, 1.54) is 12.0 Å². The Kier molecular flexibility index (Phi) is 4.55. The Morgan fingerprint density at radius 3 is 2.71 bits per heavy atom. The number of ether oxygens (including phenoxy) is 1. The van der Waals surface area contributed by atoms with Gasteiger partial charge in [-0.2, -0.15) is 0 Å². The van der Waals surface area contributed by atoms with Crippen molar-refractivity contribution in [2.24, 2.45) is 5.92 Å². The van der Waals surface area contributed by atoms with Crippen LogP contribution in [0.25, 0.3) is 0 Å². The Labute approximate surface area is 144 Å². The topological polar surface area (TPSA) is 45.7 Å². The average molecular weight is 329 g/mol. The van der Waals surface area contributed by atoms with Crippen LogP contribution in [0.15, 0.2) is 24.5 Å². The van der Waals surface area contributed by atoms with Crippen molar-refractivity contribution in [2.45, 2.75) is 44.2 Å². The molecule has 1 aromatic rings. The Morgan fingerprint density at radius 2 is 2.00 bits per heavy atom. The third-order valence-corrected chi connectivity index (χ3v) is 6.10. The molecule has 4 rings (SSSR count). The SMILES string of the molecule is O=C1CCC2(CCN(C[C@H]3CCOC3)CC2)N1Cc1ccncc1. The molecule has 1 spiro atoms. The number of carbonyl (C=O) groups is 1. The minimum absolute atomic E-state index is 0.0863. The first-order valence-corrected chi connectivity index (χ1v) is 9.25. The van der Waals surface area contributed by atoms with Gasteiger partial charge < -0.3 is 14.5 Å². The van der Waals surface area contributed by atoms with Crippen molar-refractivity contribution in [1.29, 1.82) is 0 Å². The first-order chi connectivity index (χ1) is 11.8. The highest BCUT2D eigenvalue weighted by molar-refractivity contribution is 5.79. The number of likely N-dealkylation sites (tertiary alicyclic amines) is 2. The van der Waals surface area contributed by atoms with E-state index in [1.807, 2.05) is 24.5 Å². The highest BCUT2D eigenvalue weighted by atomic mass is 16.5. The third kappa shape index (κ3) is 3.20. The predicted molar refractivity (Wildman–Crippen MR) is 91.4 cm³/mol. The zero-order valence-corrected chi connectivity index (χ0v) is 14.3. The summed E-state index contributed by atoms with van der Waals surface area (Å²) in [4.78, 5) is 21.3. The van der Waals surface area contributed by atoms with E-state index in [9.17, 15) is 4.79 Å². The van der Waals surface area contributed by atoms with Gasteiger partial charge in [0.2, 0.25) is 5.91 Å². The summed E-state index contributed by atoms with van der Waals surface area (Å²) < 4.78 is 5.50. The standard InChI is InChI=1S/C19H27N3O2/c23-18-1-5-19(22(18)14-16-2-8-20-9-3-16)6-10-21(11-7-19)13-17-4-12-24-15-17/h2-3,8-9,17H,1,4-7,10-15H2/t17-/m1/s1. The molecule has 5 nitrogen and oxygen atoms in total. The average Bonchev–Trinajstić information content (AvgIpc) is 3.22. The molecule has 0 radical (unpaired) electrons. The molecule has 1 atom stereocenters. The van der Waals surface area contributed by atoms with Crippen molar-refractivity contribution in [3.05, 3.63) is 30.1 Å². The number of carbonyl (C=O) groups excluding carboxylic acids is 1. The van der Waals surface area contributed by atoms with Crippen LogP contribution in [0.2, 0.25) is 0 Å². The first kappa shape index (κ1) is 16.0. The van der Waals surface area contributed by atoms with Gasteiger partial charge >= 0.3 is 0 Å². The van der Waals surface area contributed by atoms with Crippen LogP contribution in [-0.4, -0.2) is 59.1 Å². The lowest BCUT2D eigenvalue weighted by Crippen LogP contribution is -2.53. The zero-order chi connectivity index (χ0) is 16.4. The van der Waals surface area contributed by atoms with E-state index in [-0.39, 0.29) is 5.54 Å². The molecule has 0 bridgehead atoms. The molecule has 0 N–H and O–H groups in total. The van der Waals surface area contributed by atoms with Crippen molar-refractivity contribution in [2.75, 3.05) is 32.8 Å². The molecule has 24 heavy (non-hydrogen) atoms. The lowest BCUT2D eigenvalue weighted by Gasteiger charge is -2.45. The molecule has 4 heterocycles. The predicted octanol–water partition coefficient (Wildman–Crippen LogP) is 2.08. The fourth-order valence-electron chi connectivity index (χ4n) is 4.56. The molecule has 3 fully saturated rings. The van der Waals surface area contributed by atoms with Crippen LogP contribution in [0.4, 0.5) is 0 Å². The summed E-state index contributed by atoms with van der Waals surface area (Å²) in [6.07, 6.45) is 8.78. The number of aromatic nitrogens is 1. The third-order valence-electron chi connectivity index (χ3n) is 6.10. The molecular weight excluding hydrogens is 302 g/mol. The molecule has 0 saturated carbocycles. The van der Waals surface area contributed by atoms with Crippen LogP contribution < -0.4 is 0 Å². The number of rotatable bonds is 4. The fourth-order valence-corrected chi connectivity index (χ4v) is 4.56. The molecular formula is C19H27N3O2. The van der Waals surface area contributed by atoms with Crippen molar-refractivity contribution >= 4 is 5.91 Å². The molecule has 0 aromatic carbocycles. The smallest absolute Gasteiger partial charge is 0.223 e. The van der Waals surface area contributed by atoms with E-state index in [2.05, 4.69) is 14.8 Å². The largest absolute Gasteiger partial charge is 0.381 e. The molecule has 1 amide bonds. The molecule has 5 heteroatoms. The molecule has 0 unspecified atom stereocenters. The van der Waals surface area contributed by atoms with Gasteiger partial charge in [-0.1, -0.05) is 0 Å². The number of hydrogen-bond acceptors (Lipinski definition) is 4. The molecule has 3 aliphatic rings. The van der Waals surface area contributed by atoms with E-state index in [1.54, 1.807) is 0 Å². The molecule has 3 saturated heterocycles. The summed E-state index contributed by atoms with van der Waals surface area (Å²) in [5.74, 6) is 1.03. The maximum absolute atomic E-state index is 12.5. The molecule has 1 aromatic heterocycles. The minimum Gasteiger partial charge on any atom is -0.381 e. The van der Waals surface area contributed by atoms with Crippen LogP contribution in [0.5, 0.6) is 0 Å². The normalized spacial score (nSPS) is 27.2. The number of pyridine rings is 1. The Bertz CT molecular complexity index is 563. The minimum atomic E-state index is 0.0863. The summed E-state index contributed by atoms with van der Waals surface area (Å²) in [7, 11) is 0. The van der Waals surface area contributed by atoms with Crippen LogP contribution in [0.1, 0.15) is 37.7 Å². The fraction of sp³-hybridized carbons (Fsp3) is 0.684. The zero-order valence-electron chi connectivity index (χ0n) is 14.3. The van der Waals surface area contributed by atoms with Crippen molar-refractivity contribution in [1.82, 2.24) is 14.8 Å². The summed E-state index contributed by atoms with van der Waals surface area (Å²) in [5, 5.41) is 0. The van der Waals surface area contributed by atoms with Gasteiger partial charge in [-0.25, -0.2) is 0 Å².